The minimum absolute atomic E-state index is 0.0431. The maximum Gasteiger partial charge on any atom is 0.341 e. The quantitative estimate of drug-likeness (QED) is 0.607. The highest BCUT2D eigenvalue weighted by atomic mass is 79.9. The Kier molecular flexibility index (Phi) is 6.91. The SMILES string of the molecule is CCN(CC)S(=O)(=O)c1ccc(F)c(C(=O)OCc2ccc(Br)cc2)c1. The van der Waals surface area contributed by atoms with Gasteiger partial charge in [0, 0.05) is 17.6 Å². The van der Waals surface area contributed by atoms with Crippen LogP contribution in [0.4, 0.5) is 4.39 Å². The summed E-state index contributed by atoms with van der Waals surface area (Å²) >= 11 is 3.30. The fourth-order valence-electron chi connectivity index (χ4n) is 2.34. The first kappa shape index (κ1) is 20.5. The Morgan fingerprint density at radius 2 is 1.73 bits per heavy atom. The molecule has 2 aromatic carbocycles. The van der Waals surface area contributed by atoms with E-state index in [1.54, 1.807) is 38.1 Å². The maximum absolute atomic E-state index is 14.0. The van der Waals surface area contributed by atoms with Gasteiger partial charge >= 0.3 is 5.97 Å². The molecule has 2 rings (SSSR count). The summed E-state index contributed by atoms with van der Waals surface area (Å²) in [4.78, 5) is 12.1. The molecule has 0 saturated carbocycles. The molecule has 0 radical (unpaired) electrons. The van der Waals surface area contributed by atoms with E-state index < -0.39 is 27.4 Å². The summed E-state index contributed by atoms with van der Waals surface area (Å²) in [5.74, 6) is -1.74. The summed E-state index contributed by atoms with van der Waals surface area (Å²) in [7, 11) is -3.79. The van der Waals surface area contributed by atoms with Crippen LogP contribution in [0.3, 0.4) is 0 Å². The Balaban J connectivity index is 2.23. The van der Waals surface area contributed by atoms with Crippen molar-refractivity contribution in [2.24, 2.45) is 0 Å². The van der Waals surface area contributed by atoms with E-state index in [0.717, 1.165) is 28.2 Å². The molecule has 0 aliphatic carbocycles. The van der Waals surface area contributed by atoms with Gasteiger partial charge in [0.1, 0.15) is 12.4 Å². The van der Waals surface area contributed by atoms with E-state index in [1.165, 1.54) is 4.31 Å². The molecular weight excluding hydrogens is 425 g/mol. The molecule has 140 valence electrons. The third-order valence-corrected chi connectivity index (χ3v) is 6.36. The van der Waals surface area contributed by atoms with Crippen LogP contribution in [0.15, 0.2) is 51.8 Å². The molecule has 0 saturated heterocycles. The summed E-state index contributed by atoms with van der Waals surface area (Å²) in [6, 6.07) is 10.2. The Labute approximate surface area is 161 Å². The van der Waals surface area contributed by atoms with Gasteiger partial charge in [-0.25, -0.2) is 17.6 Å². The minimum Gasteiger partial charge on any atom is -0.457 e. The minimum atomic E-state index is -3.79. The van der Waals surface area contributed by atoms with Crippen LogP contribution < -0.4 is 0 Å². The van der Waals surface area contributed by atoms with Gasteiger partial charge in [0.2, 0.25) is 10.0 Å². The average Bonchev–Trinajstić information content (AvgIpc) is 2.62. The van der Waals surface area contributed by atoms with Gasteiger partial charge in [-0.15, -0.1) is 0 Å². The average molecular weight is 444 g/mol. The monoisotopic (exact) mass is 443 g/mol. The van der Waals surface area contributed by atoms with Gasteiger partial charge in [-0.05, 0) is 35.9 Å². The molecule has 0 amide bonds. The van der Waals surface area contributed by atoms with Crippen molar-refractivity contribution >= 4 is 31.9 Å². The molecule has 0 aliphatic rings. The number of benzene rings is 2. The normalized spacial score (nSPS) is 11.6. The highest BCUT2D eigenvalue weighted by Gasteiger charge is 2.24. The lowest BCUT2D eigenvalue weighted by Crippen LogP contribution is -2.30. The molecule has 0 bridgehead atoms. The highest BCUT2D eigenvalue weighted by Crippen LogP contribution is 2.20. The predicted molar refractivity (Wildman–Crippen MR) is 99.8 cm³/mol. The van der Waals surface area contributed by atoms with Crippen molar-refractivity contribution in [1.29, 1.82) is 0 Å². The molecule has 26 heavy (non-hydrogen) atoms. The van der Waals surface area contributed by atoms with Gasteiger partial charge in [0.15, 0.2) is 0 Å². The molecule has 0 spiro atoms. The Morgan fingerprint density at radius 1 is 1.12 bits per heavy atom. The summed E-state index contributed by atoms with van der Waals surface area (Å²) < 4.78 is 46.3. The fourth-order valence-corrected chi connectivity index (χ4v) is 4.09. The zero-order chi connectivity index (χ0) is 19.3. The van der Waals surface area contributed by atoms with Gasteiger partial charge in [-0.2, -0.15) is 4.31 Å². The van der Waals surface area contributed by atoms with Crippen LogP contribution in [0.1, 0.15) is 29.8 Å². The number of nitrogens with zero attached hydrogens (tertiary/aromatic N) is 1. The van der Waals surface area contributed by atoms with E-state index in [9.17, 15) is 17.6 Å². The molecular formula is C18H19BrFNO4S. The number of hydrogen-bond acceptors (Lipinski definition) is 4. The first-order chi connectivity index (χ1) is 12.3. The number of rotatable bonds is 7. The van der Waals surface area contributed by atoms with Gasteiger partial charge in [0.05, 0.1) is 10.5 Å². The third kappa shape index (κ3) is 4.69. The van der Waals surface area contributed by atoms with Crippen molar-refractivity contribution < 1.29 is 22.3 Å². The zero-order valence-corrected chi connectivity index (χ0v) is 16.8. The van der Waals surface area contributed by atoms with E-state index in [1.807, 2.05) is 0 Å². The summed E-state index contributed by atoms with van der Waals surface area (Å²) in [5, 5.41) is 0. The van der Waals surface area contributed by atoms with Crippen molar-refractivity contribution in [3.8, 4) is 0 Å². The molecule has 5 nitrogen and oxygen atoms in total. The second-order valence-corrected chi connectivity index (χ2v) is 8.29. The number of carbonyl (C=O) groups excluding carboxylic acids is 1. The Bertz CT molecular complexity index is 881. The van der Waals surface area contributed by atoms with E-state index in [0.29, 0.717) is 0 Å². The van der Waals surface area contributed by atoms with Gasteiger partial charge in [-0.1, -0.05) is 41.9 Å². The molecule has 0 atom stereocenters. The summed E-state index contributed by atoms with van der Waals surface area (Å²) in [6.07, 6.45) is 0. The van der Waals surface area contributed by atoms with E-state index in [4.69, 9.17) is 4.74 Å². The number of hydrogen-bond donors (Lipinski definition) is 0. The van der Waals surface area contributed by atoms with Crippen LogP contribution in [0.5, 0.6) is 0 Å². The molecule has 0 fully saturated rings. The van der Waals surface area contributed by atoms with Gasteiger partial charge in [-0.3, -0.25) is 0 Å². The van der Waals surface area contributed by atoms with E-state index >= 15 is 0 Å². The second kappa shape index (κ2) is 8.75. The molecule has 8 heteroatoms. The molecule has 0 N–H and O–H groups in total. The van der Waals surface area contributed by atoms with Crippen LogP contribution in [0, 0.1) is 5.82 Å². The van der Waals surface area contributed by atoms with Gasteiger partial charge in [0.25, 0.3) is 0 Å². The van der Waals surface area contributed by atoms with Crippen molar-refractivity contribution in [2.45, 2.75) is 25.3 Å². The smallest absolute Gasteiger partial charge is 0.341 e. The van der Waals surface area contributed by atoms with Crippen molar-refractivity contribution in [3.05, 3.63) is 63.9 Å². The summed E-state index contributed by atoms with van der Waals surface area (Å²) in [5.41, 5.74) is 0.323. The summed E-state index contributed by atoms with van der Waals surface area (Å²) in [6.45, 7) is 3.92. The van der Waals surface area contributed by atoms with E-state index in [-0.39, 0.29) is 24.6 Å². The lowest BCUT2D eigenvalue weighted by atomic mass is 10.2. The third-order valence-electron chi connectivity index (χ3n) is 3.78. The number of sulfonamides is 1. The number of carbonyl (C=O) groups is 1. The topological polar surface area (TPSA) is 63.7 Å². The maximum atomic E-state index is 14.0. The first-order valence-corrected chi connectivity index (χ1v) is 10.2. The molecule has 0 aliphatic heterocycles. The van der Waals surface area contributed by atoms with Crippen LogP contribution in [-0.4, -0.2) is 31.8 Å². The number of ether oxygens (including phenoxy) is 1. The first-order valence-electron chi connectivity index (χ1n) is 8.00. The lowest BCUT2D eigenvalue weighted by Gasteiger charge is -2.18. The standard InChI is InChI=1S/C18H19BrFNO4S/c1-3-21(4-2)26(23,24)15-9-10-17(20)16(11-15)18(22)25-12-13-5-7-14(19)8-6-13/h5-11H,3-4,12H2,1-2H3. The largest absolute Gasteiger partial charge is 0.457 e. The van der Waals surface area contributed by atoms with Crippen LogP contribution in [0.2, 0.25) is 0 Å². The van der Waals surface area contributed by atoms with E-state index in [2.05, 4.69) is 15.9 Å². The zero-order valence-electron chi connectivity index (χ0n) is 14.4. The van der Waals surface area contributed by atoms with Crippen LogP contribution in [-0.2, 0) is 21.4 Å². The van der Waals surface area contributed by atoms with Crippen molar-refractivity contribution in [3.63, 3.8) is 0 Å². The van der Waals surface area contributed by atoms with Crippen molar-refractivity contribution in [1.82, 2.24) is 4.31 Å². The number of esters is 1. The highest BCUT2D eigenvalue weighted by molar-refractivity contribution is 9.10. The Morgan fingerprint density at radius 3 is 2.31 bits per heavy atom. The van der Waals surface area contributed by atoms with Crippen molar-refractivity contribution in [2.75, 3.05) is 13.1 Å². The second-order valence-electron chi connectivity index (χ2n) is 5.43. The molecule has 0 aromatic heterocycles. The Hall–Kier alpha value is -1.77. The predicted octanol–water partition coefficient (Wildman–Crippen LogP) is 3.98. The van der Waals surface area contributed by atoms with Crippen LogP contribution in [0.25, 0.3) is 0 Å². The van der Waals surface area contributed by atoms with Gasteiger partial charge < -0.3 is 4.74 Å². The lowest BCUT2D eigenvalue weighted by molar-refractivity contribution is 0.0467. The van der Waals surface area contributed by atoms with Crippen LogP contribution >= 0.6 is 15.9 Å². The number of halogens is 2. The molecule has 2 aromatic rings. The molecule has 0 heterocycles. The fraction of sp³-hybridized carbons (Fsp3) is 0.278. The molecule has 0 unspecified atom stereocenters.